The molecule has 1 aliphatic rings. The second kappa shape index (κ2) is 7.80. The molecule has 0 bridgehead atoms. The Morgan fingerprint density at radius 3 is 3.00 bits per heavy atom. The number of carbonyl (C=O) groups excluding carboxylic acids is 2. The second-order valence-corrected chi connectivity index (χ2v) is 7.94. The van der Waals surface area contributed by atoms with E-state index in [1.165, 1.54) is 6.33 Å². The molecule has 3 aromatic rings. The largest absolute Gasteiger partial charge is 0.432 e. The van der Waals surface area contributed by atoms with Crippen LogP contribution in [0.2, 0.25) is 0 Å². The number of rotatable bonds is 6. The van der Waals surface area contributed by atoms with Gasteiger partial charge in [0.15, 0.2) is 11.8 Å². The number of fused-ring (bicyclic) bond motifs is 1. The van der Waals surface area contributed by atoms with E-state index in [2.05, 4.69) is 25.5 Å². The van der Waals surface area contributed by atoms with Gasteiger partial charge in [0.1, 0.15) is 11.4 Å². The number of ether oxygens (including phenoxy) is 2. The van der Waals surface area contributed by atoms with Gasteiger partial charge in [0.2, 0.25) is 11.7 Å². The number of aromatic nitrogens is 4. The van der Waals surface area contributed by atoms with Crippen molar-refractivity contribution in [1.29, 1.82) is 0 Å². The summed E-state index contributed by atoms with van der Waals surface area (Å²) in [6.45, 7) is 3.28. The highest BCUT2D eigenvalue weighted by Crippen LogP contribution is 2.28. The number of benzene rings is 1. The maximum atomic E-state index is 12.3. The number of hydrogen-bond acceptors (Lipinski definition) is 8. The van der Waals surface area contributed by atoms with Crippen LogP contribution in [0.25, 0.3) is 11.0 Å². The maximum Gasteiger partial charge on any atom is 0.338 e. The molecule has 0 saturated carbocycles. The topological polar surface area (TPSA) is 119 Å². The van der Waals surface area contributed by atoms with Crippen molar-refractivity contribution in [2.45, 2.75) is 42.9 Å². The highest BCUT2D eigenvalue weighted by Gasteiger charge is 2.41. The van der Waals surface area contributed by atoms with E-state index in [-0.39, 0.29) is 12.3 Å². The minimum Gasteiger partial charge on any atom is -0.432 e. The van der Waals surface area contributed by atoms with Gasteiger partial charge in [-0.3, -0.25) is 9.89 Å². The van der Waals surface area contributed by atoms with Crippen molar-refractivity contribution in [1.82, 2.24) is 20.2 Å². The molecule has 29 heavy (non-hydrogen) atoms. The molecular formula is C19H19N5O4S. The van der Waals surface area contributed by atoms with E-state index >= 15 is 0 Å². The van der Waals surface area contributed by atoms with Crippen molar-refractivity contribution in [3.05, 3.63) is 42.4 Å². The normalized spacial score (nSPS) is 18.0. The summed E-state index contributed by atoms with van der Waals surface area (Å²) in [5, 5.41) is 11.3. The molecule has 1 aliphatic heterocycles. The molecular weight excluding hydrogens is 394 g/mol. The van der Waals surface area contributed by atoms with Crippen LogP contribution in [-0.4, -0.2) is 43.9 Å². The van der Waals surface area contributed by atoms with E-state index in [1.54, 1.807) is 37.9 Å². The van der Waals surface area contributed by atoms with Gasteiger partial charge in [-0.2, -0.15) is 5.10 Å². The number of esters is 1. The lowest BCUT2D eigenvalue weighted by Gasteiger charge is -2.15. The zero-order valence-electron chi connectivity index (χ0n) is 15.8. The molecule has 0 radical (unpaired) electrons. The average molecular weight is 413 g/mol. The highest BCUT2D eigenvalue weighted by atomic mass is 32.2. The number of aromatic amines is 1. The molecule has 2 N–H and O–H groups in total. The smallest absolute Gasteiger partial charge is 0.338 e. The third-order valence-electron chi connectivity index (χ3n) is 4.20. The van der Waals surface area contributed by atoms with E-state index in [1.807, 2.05) is 18.2 Å². The van der Waals surface area contributed by atoms with Crippen LogP contribution in [-0.2, 0) is 24.8 Å². The summed E-state index contributed by atoms with van der Waals surface area (Å²) >= 11 is 1.56. The van der Waals surface area contributed by atoms with Gasteiger partial charge in [0.05, 0.1) is 18.0 Å². The lowest BCUT2D eigenvalue weighted by molar-refractivity contribution is -0.160. The number of amides is 1. The summed E-state index contributed by atoms with van der Waals surface area (Å²) in [5.41, 5.74) is 2.36. The number of cyclic esters (lactones) is 1. The lowest BCUT2D eigenvalue weighted by atomic mass is 10.2. The molecule has 150 valence electrons. The fourth-order valence-corrected chi connectivity index (χ4v) is 3.89. The van der Waals surface area contributed by atoms with Crippen LogP contribution in [0.1, 0.15) is 25.8 Å². The predicted molar refractivity (Wildman–Crippen MR) is 106 cm³/mol. The summed E-state index contributed by atoms with van der Waals surface area (Å²) in [7, 11) is 0. The predicted octanol–water partition coefficient (Wildman–Crippen LogP) is 2.65. The highest BCUT2D eigenvalue weighted by molar-refractivity contribution is 7.98. The first-order valence-corrected chi connectivity index (χ1v) is 9.94. The molecule has 10 heteroatoms. The summed E-state index contributed by atoms with van der Waals surface area (Å²) in [5.74, 6) is -1.18. The van der Waals surface area contributed by atoms with Crippen LogP contribution >= 0.6 is 11.8 Å². The average Bonchev–Trinajstić information content (AvgIpc) is 3.24. The molecule has 4 rings (SSSR count). The molecule has 0 aliphatic carbocycles. The van der Waals surface area contributed by atoms with Gasteiger partial charge in [-0.05, 0) is 17.7 Å². The van der Waals surface area contributed by atoms with Gasteiger partial charge in [0.25, 0.3) is 0 Å². The molecule has 1 amide bonds. The van der Waals surface area contributed by atoms with E-state index in [4.69, 9.17) is 9.47 Å². The zero-order chi connectivity index (χ0) is 20.4. The third kappa shape index (κ3) is 4.54. The SMILES string of the molecule is CC1(C)OC(=O)[C@H](CC(=O)Nc2cccc(CSc3ncnc4[nH]ncc34)c2)O1. The fraction of sp³-hybridized carbons (Fsp3) is 0.316. The second-order valence-electron chi connectivity index (χ2n) is 6.98. The van der Waals surface area contributed by atoms with Crippen LogP contribution < -0.4 is 5.32 Å². The summed E-state index contributed by atoms with van der Waals surface area (Å²) in [6, 6.07) is 7.51. The van der Waals surface area contributed by atoms with Crippen LogP contribution in [0.5, 0.6) is 0 Å². The van der Waals surface area contributed by atoms with Gasteiger partial charge in [-0.25, -0.2) is 14.8 Å². The Morgan fingerprint density at radius 1 is 1.34 bits per heavy atom. The van der Waals surface area contributed by atoms with E-state index in [0.717, 1.165) is 16.0 Å². The first-order chi connectivity index (χ1) is 13.9. The molecule has 9 nitrogen and oxygen atoms in total. The fourth-order valence-electron chi connectivity index (χ4n) is 2.98. The van der Waals surface area contributed by atoms with Crippen LogP contribution in [0.3, 0.4) is 0 Å². The molecule has 3 heterocycles. The van der Waals surface area contributed by atoms with Gasteiger partial charge in [0, 0.05) is 25.3 Å². The van der Waals surface area contributed by atoms with Crippen molar-refractivity contribution in [2.75, 3.05) is 5.32 Å². The number of anilines is 1. The number of hydrogen-bond donors (Lipinski definition) is 2. The Kier molecular flexibility index (Phi) is 5.20. The van der Waals surface area contributed by atoms with Crippen molar-refractivity contribution >= 4 is 40.4 Å². The molecule has 1 atom stereocenters. The molecule has 1 fully saturated rings. The minimum atomic E-state index is -0.999. The van der Waals surface area contributed by atoms with Crippen molar-refractivity contribution in [3.63, 3.8) is 0 Å². The number of thioether (sulfide) groups is 1. The monoisotopic (exact) mass is 413 g/mol. The number of H-pyrrole nitrogens is 1. The zero-order valence-corrected chi connectivity index (χ0v) is 16.7. The summed E-state index contributed by atoms with van der Waals surface area (Å²) in [4.78, 5) is 32.5. The van der Waals surface area contributed by atoms with Crippen LogP contribution in [0.15, 0.2) is 41.8 Å². The van der Waals surface area contributed by atoms with Crippen molar-refractivity contribution in [3.8, 4) is 0 Å². The Labute approximate surface area is 170 Å². The summed E-state index contributed by atoms with van der Waals surface area (Å²) < 4.78 is 10.5. The number of carbonyl (C=O) groups is 2. The number of nitrogens with one attached hydrogen (secondary N) is 2. The van der Waals surface area contributed by atoms with E-state index in [0.29, 0.717) is 17.1 Å². The molecule has 0 unspecified atom stereocenters. The molecule has 1 aromatic carbocycles. The lowest BCUT2D eigenvalue weighted by Crippen LogP contribution is -2.26. The molecule has 1 saturated heterocycles. The van der Waals surface area contributed by atoms with Crippen molar-refractivity contribution < 1.29 is 19.1 Å². The van der Waals surface area contributed by atoms with Gasteiger partial charge in [-0.1, -0.05) is 12.1 Å². The Balaban J connectivity index is 1.37. The van der Waals surface area contributed by atoms with Crippen LogP contribution in [0, 0.1) is 0 Å². The number of nitrogens with zero attached hydrogens (tertiary/aromatic N) is 3. The van der Waals surface area contributed by atoms with Crippen LogP contribution in [0.4, 0.5) is 5.69 Å². The van der Waals surface area contributed by atoms with Gasteiger partial charge < -0.3 is 14.8 Å². The molecule has 2 aromatic heterocycles. The quantitative estimate of drug-likeness (QED) is 0.360. The minimum absolute atomic E-state index is 0.0966. The first-order valence-electron chi connectivity index (χ1n) is 8.96. The van der Waals surface area contributed by atoms with Crippen molar-refractivity contribution in [2.24, 2.45) is 0 Å². The molecule has 0 spiro atoms. The standard InChI is InChI=1S/C19H19N5O4S/c1-19(2)27-14(18(26)28-19)7-15(25)23-12-5-3-4-11(6-12)9-29-17-13-8-22-24-16(13)20-10-21-17/h3-6,8,10,14H,7,9H2,1-2H3,(H,23,25)(H,20,21,22,24)/t14-/m0/s1. The van der Waals surface area contributed by atoms with E-state index in [9.17, 15) is 9.59 Å². The first kappa shape index (κ1) is 19.3. The van der Waals surface area contributed by atoms with Gasteiger partial charge in [-0.15, -0.1) is 11.8 Å². The maximum absolute atomic E-state index is 12.3. The Bertz CT molecular complexity index is 1070. The van der Waals surface area contributed by atoms with E-state index < -0.39 is 17.9 Å². The summed E-state index contributed by atoms with van der Waals surface area (Å²) in [6.07, 6.45) is 2.21. The third-order valence-corrected chi connectivity index (χ3v) is 5.28. The van der Waals surface area contributed by atoms with Gasteiger partial charge >= 0.3 is 5.97 Å². The Hall–Kier alpha value is -2.98. The Morgan fingerprint density at radius 2 is 2.21 bits per heavy atom.